The number of fused-ring (bicyclic) bond motifs is 1. The monoisotopic (exact) mass is 446 g/mol. The van der Waals surface area contributed by atoms with E-state index in [9.17, 15) is 21.6 Å². The quantitative estimate of drug-likeness (QED) is 0.586. The fourth-order valence-corrected chi connectivity index (χ4v) is 4.08. The summed E-state index contributed by atoms with van der Waals surface area (Å²) in [6, 6.07) is 10.2. The number of hydrogen-bond donors (Lipinski definition) is 0. The van der Waals surface area contributed by atoms with Gasteiger partial charge < -0.3 is 4.57 Å². The molecule has 1 aromatic heterocycles. The first kappa shape index (κ1) is 18.9. The first-order valence-corrected chi connectivity index (χ1v) is 9.66. The Hall–Kier alpha value is -1.84. The zero-order valence-corrected chi connectivity index (χ0v) is 16.2. The van der Waals surface area contributed by atoms with E-state index < -0.39 is 21.8 Å². The molecule has 2 aromatic carbocycles. The summed E-state index contributed by atoms with van der Waals surface area (Å²) in [5.41, 5.74) is 0.105. The molecule has 0 aliphatic rings. The summed E-state index contributed by atoms with van der Waals surface area (Å²) in [6.07, 6.45) is -3.22. The SMILES string of the molecule is CN(C)S(=O)(=O)c1cn(-c2cccc(Br)c2)c2ccc(C(F)(F)F)cc12. The normalized spacial score (nSPS) is 12.9. The number of nitrogens with zero attached hydrogens (tertiary/aromatic N) is 2. The second-order valence-electron chi connectivity index (χ2n) is 5.86. The molecule has 0 aliphatic carbocycles. The van der Waals surface area contributed by atoms with Crippen LogP contribution in [0.4, 0.5) is 13.2 Å². The molecule has 26 heavy (non-hydrogen) atoms. The molecule has 0 radical (unpaired) electrons. The van der Waals surface area contributed by atoms with Gasteiger partial charge >= 0.3 is 6.18 Å². The summed E-state index contributed by atoms with van der Waals surface area (Å²) in [5, 5.41) is 0.0218. The van der Waals surface area contributed by atoms with Crippen LogP contribution in [0.1, 0.15) is 5.56 Å². The fourth-order valence-electron chi connectivity index (χ4n) is 2.62. The Bertz CT molecular complexity index is 1090. The molecule has 0 N–H and O–H groups in total. The second kappa shape index (κ2) is 6.40. The van der Waals surface area contributed by atoms with E-state index in [4.69, 9.17) is 0 Å². The van der Waals surface area contributed by atoms with Gasteiger partial charge in [-0.2, -0.15) is 13.2 Å². The number of halogens is 4. The molecule has 0 amide bonds. The average Bonchev–Trinajstić information content (AvgIpc) is 2.93. The minimum Gasteiger partial charge on any atom is -0.315 e. The molecule has 9 heteroatoms. The highest BCUT2D eigenvalue weighted by atomic mass is 79.9. The summed E-state index contributed by atoms with van der Waals surface area (Å²) in [7, 11) is -1.25. The van der Waals surface area contributed by atoms with E-state index in [-0.39, 0.29) is 10.3 Å². The van der Waals surface area contributed by atoms with E-state index >= 15 is 0 Å². The highest BCUT2D eigenvalue weighted by Gasteiger charge is 2.32. The lowest BCUT2D eigenvalue weighted by molar-refractivity contribution is -0.137. The minimum atomic E-state index is -4.56. The van der Waals surface area contributed by atoms with E-state index in [1.165, 1.54) is 26.4 Å². The van der Waals surface area contributed by atoms with Crippen LogP contribution in [0, 0.1) is 0 Å². The van der Waals surface area contributed by atoms with Gasteiger partial charge in [-0.3, -0.25) is 0 Å². The van der Waals surface area contributed by atoms with Gasteiger partial charge in [0.2, 0.25) is 10.0 Å². The highest BCUT2D eigenvalue weighted by Crippen LogP contribution is 2.36. The number of benzene rings is 2. The Labute approximate surface area is 157 Å². The predicted molar refractivity (Wildman–Crippen MR) is 96.8 cm³/mol. The lowest BCUT2D eigenvalue weighted by atomic mass is 10.1. The topological polar surface area (TPSA) is 42.3 Å². The third-order valence-corrected chi connectivity index (χ3v) is 6.28. The zero-order chi connectivity index (χ0) is 19.3. The molecule has 0 aliphatic heterocycles. The van der Waals surface area contributed by atoms with Crippen LogP contribution in [-0.2, 0) is 16.2 Å². The maximum atomic E-state index is 13.1. The molecule has 3 rings (SSSR count). The Morgan fingerprint density at radius 1 is 1.08 bits per heavy atom. The van der Waals surface area contributed by atoms with Crippen molar-refractivity contribution < 1.29 is 21.6 Å². The van der Waals surface area contributed by atoms with Crippen LogP contribution in [-0.4, -0.2) is 31.4 Å². The molecule has 1 heterocycles. The number of hydrogen-bond acceptors (Lipinski definition) is 2. The number of sulfonamides is 1. The van der Waals surface area contributed by atoms with Crippen molar-refractivity contribution in [3.8, 4) is 5.69 Å². The van der Waals surface area contributed by atoms with Crippen molar-refractivity contribution in [2.75, 3.05) is 14.1 Å². The van der Waals surface area contributed by atoms with E-state index in [2.05, 4.69) is 15.9 Å². The number of alkyl halides is 3. The largest absolute Gasteiger partial charge is 0.416 e. The van der Waals surface area contributed by atoms with Crippen molar-refractivity contribution in [2.45, 2.75) is 11.1 Å². The number of rotatable bonds is 3. The smallest absolute Gasteiger partial charge is 0.315 e. The summed E-state index contributed by atoms with van der Waals surface area (Å²) in [4.78, 5) is -0.177. The maximum absolute atomic E-state index is 13.1. The first-order valence-electron chi connectivity index (χ1n) is 7.42. The lowest BCUT2D eigenvalue weighted by Gasteiger charge is -2.11. The molecule has 0 unspecified atom stereocenters. The standard InChI is InChI=1S/C17H14BrF3N2O2S/c1-22(2)26(24,25)16-10-23(13-5-3-4-12(18)9-13)15-7-6-11(8-14(15)16)17(19,20)21/h3-10H,1-2H3. The summed E-state index contributed by atoms with van der Waals surface area (Å²) >= 11 is 3.34. The Morgan fingerprint density at radius 3 is 2.35 bits per heavy atom. The van der Waals surface area contributed by atoms with Crippen LogP contribution in [0.15, 0.2) is 58.0 Å². The van der Waals surface area contributed by atoms with Gasteiger partial charge in [0.25, 0.3) is 0 Å². The van der Waals surface area contributed by atoms with Gasteiger partial charge in [-0.05, 0) is 36.4 Å². The van der Waals surface area contributed by atoms with E-state index in [1.807, 2.05) is 0 Å². The highest BCUT2D eigenvalue weighted by molar-refractivity contribution is 9.10. The van der Waals surface area contributed by atoms with Crippen LogP contribution in [0.25, 0.3) is 16.6 Å². The summed E-state index contributed by atoms with van der Waals surface area (Å²) < 4.78 is 67.9. The molecule has 0 bridgehead atoms. The molecular formula is C17H14BrF3N2O2S. The maximum Gasteiger partial charge on any atom is 0.416 e. The Kier molecular flexibility index (Phi) is 4.66. The molecule has 138 valence electrons. The lowest BCUT2D eigenvalue weighted by Crippen LogP contribution is -2.22. The van der Waals surface area contributed by atoms with Crippen LogP contribution < -0.4 is 0 Å². The first-order chi connectivity index (χ1) is 12.0. The minimum absolute atomic E-state index is 0.0218. The number of aromatic nitrogens is 1. The van der Waals surface area contributed by atoms with Crippen molar-refractivity contribution in [2.24, 2.45) is 0 Å². The predicted octanol–water partition coefficient (Wildman–Crippen LogP) is 4.66. The van der Waals surface area contributed by atoms with Gasteiger partial charge in [0.05, 0.1) is 11.1 Å². The van der Waals surface area contributed by atoms with E-state index in [0.717, 1.165) is 20.9 Å². The summed E-state index contributed by atoms with van der Waals surface area (Å²) in [6.45, 7) is 0. The van der Waals surface area contributed by atoms with Gasteiger partial charge in [0, 0.05) is 35.8 Å². The van der Waals surface area contributed by atoms with Crippen molar-refractivity contribution in [1.29, 1.82) is 0 Å². The third-order valence-electron chi connectivity index (χ3n) is 3.94. The van der Waals surface area contributed by atoms with E-state index in [1.54, 1.807) is 28.8 Å². The average molecular weight is 447 g/mol. The molecule has 4 nitrogen and oxygen atoms in total. The fraction of sp³-hybridized carbons (Fsp3) is 0.176. The van der Waals surface area contributed by atoms with Crippen LogP contribution in [0.3, 0.4) is 0 Å². The Balaban J connectivity index is 2.38. The summed E-state index contributed by atoms with van der Waals surface area (Å²) in [5.74, 6) is 0. The van der Waals surface area contributed by atoms with Crippen LogP contribution >= 0.6 is 15.9 Å². The van der Waals surface area contributed by atoms with Gasteiger partial charge in [0.15, 0.2) is 0 Å². The van der Waals surface area contributed by atoms with Gasteiger partial charge in [0.1, 0.15) is 4.90 Å². The van der Waals surface area contributed by atoms with Crippen LogP contribution in [0.2, 0.25) is 0 Å². The molecular weight excluding hydrogens is 433 g/mol. The van der Waals surface area contributed by atoms with Gasteiger partial charge in [-0.1, -0.05) is 22.0 Å². The third kappa shape index (κ3) is 3.26. The molecule has 3 aromatic rings. The molecule has 0 saturated heterocycles. The van der Waals surface area contributed by atoms with Crippen LogP contribution in [0.5, 0.6) is 0 Å². The van der Waals surface area contributed by atoms with Crippen molar-refractivity contribution in [1.82, 2.24) is 8.87 Å². The Morgan fingerprint density at radius 2 is 1.77 bits per heavy atom. The van der Waals surface area contributed by atoms with Crippen molar-refractivity contribution in [3.63, 3.8) is 0 Å². The van der Waals surface area contributed by atoms with E-state index in [0.29, 0.717) is 11.2 Å². The van der Waals surface area contributed by atoms with Crippen molar-refractivity contribution in [3.05, 3.63) is 58.7 Å². The van der Waals surface area contributed by atoms with Gasteiger partial charge in [-0.15, -0.1) is 0 Å². The van der Waals surface area contributed by atoms with Gasteiger partial charge in [-0.25, -0.2) is 12.7 Å². The zero-order valence-electron chi connectivity index (χ0n) is 13.7. The molecule has 0 saturated carbocycles. The van der Waals surface area contributed by atoms with Crippen molar-refractivity contribution >= 4 is 36.9 Å². The molecule has 0 spiro atoms. The second-order valence-corrected chi connectivity index (χ2v) is 8.90. The molecule has 0 atom stereocenters. The molecule has 0 fully saturated rings.